The topological polar surface area (TPSA) is 119 Å². The molecule has 0 amide bonds. The zero-order valence-corrected chi connectivity index (χ0v) is 17.3. The second kappa shape index (κ2) is 7.92. The Hall–Kier alpha value is -2.17. The number of rotatable bonds is 3. The third-order valence-electron chi connectivity index (χ3n) is 6.11. The molecule has 4 rings (SSSR count). The summed E-state index contributed by atoms with van der Waals surface area (Å²) in [6, 6.07) is 2.08. The van der Waals surface area contributed by atoms with Crippen LogP contribution >= 0.6 is 0 Å². The van der Waals surface area contributed by atoms with Gasteiger partial charge in [0, 0.05) is 38.2 Å². The molecule has 0 unspecified atom stereocenters. The molecule has 1 saturated heterocycles. The molecular formula is C19H27N5O4S. The van der Waals surface area contributed by atoms with Gasteiger partial charge in [-0.15, -0.1) is 0 Å². The molecule has 29 heavy (non-hydrogen) atoms. The lowest BCUT2D eigenvalue weighted by Crippen LogP contribution is -2.46. The Balaban J connectivity index is 1.39. The summed E-state index contributed by atoms with van der Waals surface area (Å²) in [5.74, 6) is 1.29. The minimum atomic E-state index is -3.16. The molecule has 1 aromatic rings. The first-order chi connectivity index (χ1) is 13.8. The Bertz CT molecular complexity index is 925. The molecule has 0 aromatic carbocycles. The van der Waals surface area contributed by atoms with Gasteiger partial charge in [0.1, 0.15) is 11.9 Å². The number of piperidine rings is 1. The number of nitrogens with zero attached hydrogens (tertiary/aromatic N) is 3. The van der Waals surface area contributed by atoms with Crippen LogP contribution in [0.25, 0.3) is 5.57 Å². The minimum Gasteiger partial charge on any atom is -0.488 e. The second-order valence-electron chi connectivity index (χ2n) is 7.92. The average Bonchev–Trinajstić information content (AvgIpc) is 3.16. The van der Waals surface area contributed by atoms with E-state index in [0.29, 0.717) is 25.4 Å². The highest BCUT2D eigenvalue weighted by Gasteiger charge is 2.34. The number of hydroxylamine groups is 1. The Kier molecular flexibility index (Phi) is 5.50. The molecule has 4 heterocycles. The molecule has 0 radical (unpaired) electrons. The summed E-state index contributed by atoms with van der Waals surface area (Å²) < 4.78 is 31.0. The molecule has 3 aliphatic heterocycles. The van der Waals surface area contributed by atoms with E-state index < -0.39 is 10.0 Å². The third kappa shape index (κ3) is 4.24. The average molecular weight is 422 g/mol. The first-order valence-corrected chi connectivity index (χ1v) is 11.7. The van der Waals surface area contributed by atoms with Crippen LogP contribution < -0.4 is 10.2 Å². The predicted octanol–water partition coefficient (Wildman–Crippen LogP) is 1.06. The smallest absolute Gasteiger partial charge is 0.215 e. The lowest BCUT2D eigenvalue weighted by Gasteiger charge is -2.34. The van der Waals surface area contributed by atoms with Crippen molar-refractivity contribution in [1.29, 1.82) is 5.41 Å². The number of hydrogen-bond acceptors (Lipinski definition) is 6. The van der Waals surface area contributed by atoms with Crippen LogP contribution in [0.1, 0.15) is 30.5 Å². The highest BCUT2D eigenvalue weighted by atomic mass is 32.2. The molecule has 0 aliphatic carbocycles. The summed E-state index contributed by atoms with van der Waals surface area (Å²) in [5.41, 5.74) is 5.05. The molecule has 0 bridgehead atoms. The van der Waals surface area contributed by atoms with Crippen molar-refractivity contribution in [3.63, 3.8) is 0 Å². The molecule has 1 aromatic heterocycles. The number of sulfonamides is 1. The van der Waals surface area contributed by atoms with Crippen molar-refractivity contribution in [3.8, 4) is 5.75 Å². The van der Waals surface area contributed by atoms with E-state index >= 15 is 0 Å². The number of pyridine rings is 1. The molecule has 1 atom stereocenters. The van der Waals surface area contributed by atoms with Gasteiger partial charge >= 0.3 is 0 Å². The molecular weight excluding hydrogens is 394 g/mol. The summed E-state index contributed by atoms with van der Waals surface area (Å²) in [5, 5.41) is 16.5. The van der Waals surface area contributed by atoms with Crippen LogP contribution in [0, 0.1) is 11.3 Å². The van der Waals surface area contributed by atoms with E-state index in [4.69, 9.17) is 15.4 Å². The molecule has 158 valence electrons. The van der Waals surface area contributed by atoms with Gasteiger partial charge in [-0.2, -0.15) is 4.31 Å². The van der Waals surface area contributed by atoms with Gasteiger partial charge in [0.05, 0.1) is 18.1 Å². The van der Waals surface area contributed by atoms with E-state index in [-0.39, 0.29) is 12.1 Å². The maximum Gasteiger partial charge on any atom is 0.215 e. The fraction of sp³-hybridized carbons (Fsp3) is 0.579. The third-order valence-corrected chi connectivity index (χ3v) is 7.37. The van der Waals surface area contributed by atoms with Gasteiger partial charge in [-0.05, 0) is 36.8 Å². The number of ether oxygens (including phenoxy) is 1. The van der Waals surface area contributed by atoms with Gasteiger partial charge in [-0.25, -0.2) is 13.9 Å². The molecule has 1 fully saturated rings. The van der Waals surface area contributed by atoms with Gasteiger partial charge in [-0.1, -0.05) is 6.08 Å². The van der Waals surface area contributed by atoms with E-state index in [1.165, 1.54) is 10.6 Å². The Labute approximate surface area is 170 Å². The normalized spacial score (nSPS) is 23.3. The quantitative estimate of drug-likeness (QED) is 0.379. The van der Waals surface area contributed by atoms with Gasteiger partial charge in [-0.3, -0.25) is 15.6 Å². The number of fused-ring (bicyclic) bond motifs is 1. The van der Waals surface area contributed by atoms with Crippen LogP contribution in [0.3, 0.4) is 0 Å². The minimum absolute atomic E-state index is 0.0445. The largest absolute Gasteiger partial charge is 0.488 e. The zero-order valence-electron chi connectivity index (χ0n) is 16.5. The summed E-state index contributed by atoms with van der Waals surface area (Å²) in [7, 11) is -3.16. The maximum absolute atomic E-state index is 11.7. The molecule has 0 spiro atoms. The number of hydrogen-bond donors (Lipinski definition) is 3. The highest BCUT2D eigenvalue weighted by molar-refractivity contribution is 7.88. The van der Waals surface area contributed by atoms with Crippen LogP contribution in [0.5, 0.6) is 5.75 Å². The van der Waals surface area contributed by atoms with Crippen LogP contribution in [0.15, 0.2) is 18.3 Å². The van der Waals surface area contributed by atoms with E-state index in [1.54, 1.807) is 6.20 Å². The van der Waals surface area contributed by atoms with E-state index in [2.05, 4.69) is 11.1 Å². The second-order valence-corrected chi connectivity index (χ2v) is 9.91. The van der Waals surface area contributed by atoms with Gasteiger partial charge in [0.25, 0.3) is 0 Å². The van der Waals surface area contributed by atoms with Crippen molar-refractivity contribution in [2.24, 2.45) is 5.92 Å². The van der Waals surface area contributed by atoms with Crippen molar-refractivity contribution < 1.29 is 18.4 Å². The fourth-order valence-corrected chi connectivity index (χ4v) is 5.13. The van der Waals surface area contributed by atoms with Gasteiger partial charge < -0.3 is 9.64 Å². The van der Waals surface area contributed by atoms with Crippen LogP contribution in [0.4, 0.5) is 0 Å². The molecule has 9 nitrogen and oxygen atoms in total. The van der Waals surface area contributed by atoms with E-state index in [0.717, 1.165) is 54.9 Å². The monoisotopic (exact) mass is 421 g/mol. The number of nitrogens with one attached hydrogen (secondary N) is 2. The molecule has 0 saturated carbocycles. The molecule has 10 heteroatoms. The summed E-state index contributed by atoms with van der Waals surface area (Å²) in [6.45, 7) is 2.32. The van der Waals surface area contributed by atoms with Crippen LogP contribution in [0.2, 0.25) is 0 Å². The molecule has 3 aliphatic rings. The Morgan fingerprint density at radius 1 is 1.34 bits per heavy atom. The van der Waals surface area contributed by atoms with Crippen LogP contribution in [-0.4, -0.2) is 72.3 Å². The summed E-state index contributed by atoms with van der Waals surface area (Å²) >= 11 is 0. The van der Waals surface area contributed by atoms with Crippen molar-refractivity contribution in [2.45, 2.75) is 31.8 Å². The van der Waals surface area contributed by atoms with E-state index in [1.807, 2.05) is 16.5 Å². The lowest BCUT2D eigenvalue weighted by atomic mass is 9.89. The predicted molar refractivity (Wildman–Crippen MR) is 108 cm³/mol. The van der Waals surface area contributed by atoms with Crippen molar-refractivity contribution in [3.05, 3.63) is 29.6 Å². The van der Waals surface area contributed by atoms with Gasteiger partial charge in [0.15, 0.2) is 0 Å². The SMILES string of the molecule is CS(=O)(=O)N1CC=C(c2cc3c(cn2)O[C@@H](C2CCN(C(=N)NO)CC2)C3)CC1. The van der Waals surface area contributed by atoms with Crippen molar-refractivity contribution in [2.75, 3.05) is 32.4 Å². The Morgan fingerprint density at radius 3 is 2.72 bits per heavy atom. The first kappa shape index (κ1) is 20.1. The fourth-order valence-electron chi connectivity index (χ4n) is 4.36. The maximum atomic E-state index is 11.7. The first-order valence-electron chi connectivity index (χ1n) is 9.89. The highest BCUT2D eigenvalue weighted by Crippen LogP contribution is 2.36. The summed E-state index contributed by atoms with van der Waals surface area (Å²) in [6.07, 6.45) is 8.42. The number of guanidine groups is 1. The van der Waals surface area contributed by atoms with Gasteiger partial charge in [0.2, 0.25) is 16.0 Å². The lowest BCUT2D eigenvalue weighted by molar-refractivity contribution is 0.106. The standard InChI is InChI=1S/C19H27N5O4S/c1-29(26,27)24-8-4-13(5-9-24)16-10-15-11-17(28-18(15)12-21-16)14-2-6-23(7-3-14)19(20)22-25/h4,10,12,14,17,25H,2-3,5-9,11H2,1H3,(H2,20,22)/t17-/m1/s1. The summed E-state index contributed by atoms with van der Waals surface area (Å²) in [4.78, 5) is 6.38. The Morgan fingerprint density at radius 2 is 2.10 bits per heavy atom. The van der Waals surface area contributed by atoms with Crippen molar-refractivity contribution >= 4 is 21.6 Å². The number of likely N-dealkylation sites (tertiary alicyclic amines) is 1. The van der Waals surface area contributed by atoms with E-state index in [9.17, 15) is 8.42 Å². The van der Waals surface area contributed by atoms with Crippen molar-refractivity contribution in [1.82, 2.24) is 19.7 Å². The van der Waals surface area contributed by atoms with Crippen LogP contribution in [-0.2, 0) is 16.4 Å². The number of aromatic nitrogens is 1. The zero-order chi connectivity index (χ0) is 20.6. The molecule has 3 N–H and O–H groups in total.